The van der Waals surface area contributed by atoms with E-state index in [-0.39, 0.29) is 23.2 Å². The van der Waals surface area contributed by atoms with Gasteiger partial charge in [-0.2, -0.15) is 0 Å². The number of fused-ring (bicyclic) bond motifs is 2. The minimum atomic E-state index is -0.283. The fourth-order valence-corrected chi connectivity index (χ4v) is 4.69. The summed E-state index contributed by atoms with van der Waals surface area (Å²) in [6.07, 6.45) is 6.05. The van der Waals surface area contributed by atoms with Crippen molar-refractivity contribution >= 4 is 5.91 Å². The van der Waals surface area contributed by atoms with Gasteiger partial charge in [0.25, 0.3) is 0 Å². The summed E-state index contributed by atoms with van der Waals surface area (Å²) < 4.78 is 19.4. The summed E-state index contributed by atoms with van der Waals surface area (Å²) >= 11 is 0. The lowest BCUT2D eigenvalue weighted by atomic mass is 9.67. The maximum Gasteiger partial charge on any atom is 0.228 e. The van der Waals surface area contributed by atoms with E-state index >= 15 is 0 Å². The number of rotatable bonds is 2. The van der Waals surface area contributed by atoms with E-state index in [1.807, 2.05) is 0 Å². The number of benzene rings is 1. The standard InChI is InChI=1S/C19H25FN2O2/c20-14-6-7-17-15(10-14)16(5-3-9-24-17)22-18(23)19-8-2-1-4-13(19)11-21-12-19/h6-7,10,13,16,21H,1-5,8-9,11-12H2,(H,22,23)/t13-,16?,19+/m0/s1. The predicted molar refractivity (Wildman–Crippen MR) is 89.3 cm³/mol. The summed E-state index contributed by atoms with van der Waals surface area (Å²) in [5.41, 5.74) is 0.495. The van der Waals surface area contributed by atoms with Crippen LogP contribution < -0.4 is 15.4 Å². The van der Waals surface area contributed by atoms with Crippen molar-refractivity contribution in [2.24, 2.45) is 11.3 Å². The highest BCUT2D eigenvalue weighted by atomic mass is 19.1. The van der Waals surface area contributed by atoms with Crippen molar-refractivity contribution in [3.05, 3.63) is 29.6 Å². The summed E-state index contributed by atoms with van der Waals surface area (Å²) in [5.74, 6) is 0.982. The number of carbonyl (C=O) groups excluding carboxylic acids is 1. The van der Waals surface area contributed by atoms with Gasteiger partial charge in [0.2, 0.25) is 5.91 Å². The molecule has 1 unspecified atom stereocenters. The van der Waals surface area contributed by atoms with Gasteiger partial charge in [-0.3, -0.25) is 4.79 Å². The van der Waals surface area contributed by atoms with Gasteiger partial charge in [-0.15, -0.1) is 0 Å². The minimum absolute atomic E-state index is 0.138. The van der Waals surface area contributed by atoms with Gasteiger partial charge in [-0.1, -0.05) is 12.8 Å². The molecule has 0 bridgehead atoms. The first-order chi connectivity index (χ1) is 11.7. The molecule has 5 heteroatoms. The van der Waals surface area contributed by atoms with Crippen molar-refractivity contribution in [2.45, 2.75) is 44.6 Å². The second-order valence-electron chi connectivity index (χ2n) is 7.43. The molecule has 2 heterocycles. The molecule has 2 N–H and O–H groups in total. The molecule has 2 aliphatic heterocycles. The maximum atomic E-state index is 13.7. The average Bonchev–Trinajstić information content (AvgIpc) is 2.94. The molecule has 1 saturated heterocycles. The molecule has 0 radical (unpaired) electrons. The molecule has 1 aromatic rings. The molecule has 0 aromatic heterocycles. The van der Waals surface area contributed by atoms with Gasteiger partial charge in [0.1, 0.15) is 11.6 Å². The Labute approximate surface area is 142 Å². The summed E-state index contributed by atoms with van der Waals surface area (Å²) in [4.78, 5) is 13.2. The van der Waals surface area contributed by atoms with E-state index in [0.717, 1.165) is 50.8 Å². The largest absolute Gasteiger partial charge is 0.493 e. The topological polar surface area (TPSA) is 50.4 Å². The van der Waals surface area contributed by atoms with Gasteiger partial charge in [-0.05, 0) is 56.3 Å². The van der Waals surface area contributed by atoms with Crippen molar-refractivity contribution in [2.75, 3.05) is 19.7 Å². The first-order valence-corrected chi connectivity index (χ1v) is 9.13. The van der Waals surface area contributed by atoms with Crippen molar-refractivity contribution in [1.82, 2.24) is 10.6 Å². The molecule has 24 heavy (non-hydrogen) atoms. The van der Waals surface area contributed by atoms with E-state index in [0.29, 0.717) is 18.3 Å². The van der Waals surface area contributed by atoms with Crippen molar-refractivity contribution in [3.8, 4) is 5.75 Å². The highest BCUT2D eigenvalue weighted by Gasteiger charge is 2.50. The van der Waals surface area contributed by atoms with Crippen LogP contribution in [0.25, 0.3) is 0 Å². The highest BCUT2D eigenvalue weighted by Crippen LogP contribution is 2.44. The van der Waals surface area contributed by atoms with E-state index in [1.54, 1.807) is 6.07 Å². The van der Waals surface area contributed by atoms with E-state index in [2.05, 4.69) is 10.6 Å². The summed E-state index contributed by atoms with van der Waals surface area (Å²) in [6.45, 7) is 2.31. The third kappa shape index (κ3) is 2.69. The zero-order chi connectivity index (χ0) is 16.6. The van der Waals surface area contributed by atoms with Crippen LogP contribution in [0.3, 0.4) is 0 Å². The smallest absolute Gasteiger partial charge is 0.228 e. The molecule has 0 spiro atoms. The van der Waals surface area contributed by atoms with E-state index in [9.17, 15) is 9.18 Å². The Balaban J connectivity index is 1.59. The first kappa shape index (κ1) is 15.9. The molecular weight excluding hydrogens is 307 g/mol. The van der Waals surface area contributed by atoms with Crippen LogP contribution in [0.2, 0.25) is 0 Å². The second kappa shape index (κ2) is 6.36. The maximum absolute atomic E-state index is 13.7. The molecule has 4 rings (SSSR count). The fraction of sp³-hybridized carbons (Fsp3) is 0.632. The molecule has 1 aliphatic carbocycles. The van der Waals surface area contributed by atoms with Gasteiger partial charge in [0, 0.05) is 12.1 Å². The quantitative estimate of drug-likeness (QED) is 0.875. The van der Waals surface area contributed by atoms with Crippen LogP contribution in [0.15, 0.2) is 18.2 Å². The van der Waals surface area contributed by atoms with Crippen LogP contribution in [-0.4, -0.2) is 25.6 Å². The van der Waals surface area contributed by atoms with Gasteiger partial charge < -0.3 is 15.4 Å². The highest BCUT2D eigenvalue weighted by molar-refractivity contribution is 5.84. The predicted octanol–water partition coefficient (Wildman–Crippen LogP) is 2.94. The van der Waals surface area contributed by atoms with Crippen molar-refractivity contribution in [3.63, 3.8) is 0 Å². The van der Waals surface area contributed by atoms with E-state index < -0.39 is 0 Å². The average molecular weight is 332 g/mol. The van der Waals surface area contributed by atoms with Gasteiger partial charge in [-0.25, -0.2) is 4.39 Å². The number of carbonyl (C=O) groups is 1. The van der Waals surface area contributed by atoms with Crippen molar-refractivity contribution in [1.29, 1.82) is 0 Å². The Morgan fingerprint density at radius 3 is 3.12 bits per heavy atom. The van der Waals surface area contributed by atoms with E-state index in [4.69, 9.17) is 4.74 Å². The van der Waals surface area contributed by atoms with Crippen LogP contribution in [0, 0.1) is 17.2 Å². The molecule has 1 saturated carbocycles. The van der Waals surface area contributed by atoms with Crippen LogP contribution in [0.4, 0.5) is 4.39 Å². The van der Waals surface area contributed by atoms with Gasteiger partial charge >= 0.3 is 0 Å². The molecular formula is C19H25FN2O2. The van der Waals surface area contributed by atoms with Crippen LogP contribution in [-0.2, 0) is 4.79 Å². The summed E-state index contributed by atoms with van der Waals surface area (Å²) in [6, 6.07) is 4.44. The lowest BCUT2D eigenvalue weighted by molar-refractivity contribution is -0.134. The van der Waals surface area contributed by atoms with Gasteiger partial charge in [0.15, 0.2) is 0 Å². The monoisotopic (exact) mass is 332 g/mol. The molecule has 4 nitrogen and oxygen atoms in total. The fourth-order valence-electron chi connectivity index (χ4n) is 4.69. The Morgan fingerprint density at radius 1 is 1.29 bits per heavy atom. The number of hydrogen-bond donors (Lipinski definition) is 2. The van der Waals surface area contributed by atoms with Crippen LogP contribution >= 0.6 is 0 Å². The third-order valence-electron chi connectivity index (χ3n) is 6.04. The molecule has 130 valence electrons. The molecule has 1 aromatic carbocycles. The molecule has 2 fully saturated rings. The normalized spacial score (nSPS) is 32.2. The van der Waals surface area contributed by atoms with Crippen molar-refractivity contribution < 1.29 is 13.9 Å². The van der Waals surface area contributed by atoms with Crippen LogP contribution in [0.5, 0.6) is 5.75 Å². The van der Waals surface area contributed by atoms with Crippen LogP contribution in [0.1, 0.15) is 50.1 Å². The van der Waals surface area contributed by atoms with E-state index in [1.165, 1.54) is 18.6 Å². The molecule has 3 aliphatic rings. The zero-order valence-electron chi connectivity index (χ0n) is 13.9. The summed E-state index contributed by atoms with van der Waals surface area (Å²) in [5, 5.41) is 6.67. The lowest BCUT2D eigenvalue weighted by Gasteiger charge is -2.38. The SMILES string of the molecule is O=C(NC1CCCOc2ccc(F)cc21)[C@@]12CCCC[C@H]1CNC2. The lowest BCUT2D eigenvalue weighted by Crippen LogP contribution is -2.48. The number of halogens is 1. The van der Waals surface area contributed by atoms with Gasteiger partial charge in [0.05, 0.1) is 18.1 Å². The molecule has 3 atom stereocenters. The number of ether oxygens (including phenoxy) is 1. The summed E-state index contributed by atoms with van der Waals surface area (Å²) in [7, 11) is 0. The number of nitrogens with one attached hydrogen (secondary N) is 2. The Morgan fingerprint density at radius 2 is 2.21 bits per heavy atom. The Bertz CT molecular complexity index is 636. The number of amides is 1. The minimum Gasteiger partial charge on any atom is -0.493 e. The second-order valence-corrected chi connectivity index (χ2v) is 7.43. The zero-order valence-corrected chi connectivity index (χ0v) is 13.9. The third-order valence-corrected chi connectivity index (χ3v) is 6.04. The first-order valence-electron chi connectivity index (χ1n) is 9.13. The number of hydrogen-bond acceptors (Lipinski definition) is 3. The molecule has 1 amide bonds. The Hall–Kier alpha value is -1.62. The Kier molecular flexibility index (Phi) is 4.21.